The first-order chi connectivity index (χ1) is 0. The minimum absolute atomic E-state index is 0. The van der Waals surface area contributed by atoms with Crippen LogP contribution in [0.5, 0.6) is 0 Å². The van der Waals surface area contributed by atoms with Crippen LogP contribution >= 0.6 is 54.0 Å². The van der Waals surface area contributed by atoms with Crippen LogP contribution in [0.2, 0.25) is 0 Å². The van der Waals surface area contributed by atoms with Crippen LogP contribution in [-0.4, -0.2) is 0 Å². The summed E-state index contributed by atoms with van der Waals surface area (Å²) in [6, 6.07) is 0. The van der Waals surface area contributed by atoms with E-state index in [4.69, 9.17) is 0 Å². The van der Waals surface area contributed by atoms with E-state index in [0.29, 0.717) is 0 Å². The summed E-state index contributed by atoms with van der Waals surface area (Å²) in [4.78, 5) is 0. The second-order valence-corrected chi connectivity index (χ2v) is 0. The van der Waals surface area contributed by atoms with Crippen molar-refractivity contribution in [2.45, 2.75) is 0 Å². The van der Waals surface area contributed by atoms with Crippen molar-refractivity contribution in [2.24, 2.45) is 0 Å². The molecule has 0 amide bonds. The van der Waals surface area contributed by atoms with Crippen molar-refractivity contribution < 1.29 is 21.1 Å². The first kappa shape index (κ1) is 528. The van der Waals surface area contributed by atoms with Gasteiger partial charge in [0.2, 0.25) is 0 Å². The van der Waals surface area contributed by atoms with Crippen molar-refractivity contribution in [3.8, 4) is 0 Å². The van der Waals surface area contributed by atoms with Gasteiger partial charge in [0.1, 0.15) is 0 Å². The Bertz CT molecular complexity index is 14.5. The summed E-state index contributed by atoms with van der Waals surface area (Å²) in [7, 11) is 0. The van der Waals surface area contributed by atoms with Gasteiger partial charge in [0.05, 0.1) is 0 Å². The second kappa shape index (κ2) is 408. The Morgan fingerprint density at radius 1 is 0.273 bits per heavy atom. The maximum atomic E-state index is 0. The van der Waals surface area contributed by atoms with Crippen LogP contribution in [0.15, 0.2) is 0 Å². The zero-order valence-corrected chi connectivity index (χ0v) is 12.8. The molecule has 0 heterocycles. The van der Waals surface area contributed by atoms with Gasteiger partial charge in [-0.05, 0) is 0 Å². The van der Waals surface area contributed by atoms with Gasteiger partial charge in [0, 0.05) is 21.1 Å². The molecule has 0 rings (SSSR count). The van der Waals surface area contributed by atoms with Gasteiger partial charge in [0.25, 0.3) is 0 Å². The zero-order valence-electron chi connectivity index (χ0n) is 6.56. The summed E-state index contributed by atoms with van der Waals surface area (Å²) in [5, 5.41) is 0. The summed E-state index contributed by atoms with van der Waals surface area (Å²) in [6.45, 7) is 0. The minimum atomic E-state index is 0. The molecule has 0 saturated carbocycles. The molecule has 0 unspecified atom stereocenters. The summed E-state index contributed by atoms with van der Waals surface area (Å²) in [6.07, 6.45) is 0. The normalized spacial score (nSPS) is 0. The van der Waals surface area contributed by atoms with Gasteiger partial charge in [0.15, 0.2) is 0 Å². The molecular weight excluding hydrogens is 407 g/mol. The topological polar surface area (TPSA) is 210 Å². The Labute approximate surface area is 111 Å². The molecule has 0 radical (unpaired) electrons. The fourth-order valence-electron chi connectivity index (χ4n) is 0. The average molecular weight is 434 g/mol. The molecule has 11 heavy (non-hydrogen) atoms. The van der Waals surface area contributed by atoms with Crippen LogP contribution in [0.25, 0.3) is 0 Å². The summed E-state index contributed by atoms with van der Waals surface area (Å²) >= 11 is 0. The number of hydrogen-bond donors (Lipinski definition) is 6. The Hall–Kier alpha value is 1.85. The minimum Gasteiger partial charge on any atom is -0.344 e. The zero-order chi connectivity index (χ0) is 0. The molecule has 18 N–H and O–H groups in total. The third-order valence-electron chi connectivity index (χ3n) is 0. The maximum Gasteiger partial charge on any atom is 0 e. The van der Waals surface area contributed by atoms with Crippen molar-refractivity contribution >= 4 is 54.0 Å². The molecule has 0 aliphatic heterocycles. The second-order valence-electron chi connectivity index (χ2n) is 0. The summed E-state index contributed by atoms with van der Waals surface area (Å²) in [5.74, 6) is 0. The molecule has 0 aromatic rings. The van der Waals surface area contributed by atoms with Crippen molar-refractivity contribution in [2.75, 3.05) is 0 Å². The van der Waals surface area contributed by atoms with Gasteiger partial charge in [-0.1, -0.05) is 0 Å². The van der Waals surface area contributed by atoms with Gasteiger partial charge in [-0.15, -0.1) is 0 Å². The number of rotatable bonds is 0. The van der Waals surface area contributed by atoms with Gasteiger partial charge in [-0.3, -0.25) is 0 Å². The SMILES string of the molecule is N.N.N.N.N.N.S.S.S.S.[Pt]. The van der Waals surface area contributed by atoms with E-state index < -0.39 is 0 Å². The Morgan fingerprint density at radius 3 is 0.273 bits per heavy atom. The largest absolute Gasteiger partial charge is 0.344 e. The third-order valence-corrected chi connectivity index (χ3v) is 0. The molecule has 0 aromatic carbocycles. The Kier molecular flexibility index (Phi) is 19600. The predicted molar refractivity (Wildman–Crippen MR) is 71.7 cm³/mol. The molecule has 0 aromatic heterocycles. The van der Waals surface area contributed by atoms with Crippen LogP contribution in [0.3, 0.4) is 0 Å². The van der Waals surface area contributed by atoms with Crippen LogP contribution in [0.1, 0.15) is 0 Å². The monoisotopic (exact) mass is 433 g/mol. The van der Waals surface area contributed by atoms with E-state index in [0.717, 1.165) is 0 Å². The molecule has 6 nitrogen and oxygen atoms in total. The van der Waals surface area contributed by atoms with Gasteiger partial charge < -0.3 is 36.9 Å². The summed E-state index contributed by atoms with van der Waals surface area (Å²) in [5.41, 5.74) is 0. The molecule has 0 atom stereocenters. The fourth-order valence-corrected chi connectivity index (χ4v) is 0. The van der Waals surface area contributed by atoms with Crippen LogP contribution in [0.4, 0.5) is 0 Å². The van der Waals surface area contributed by atoms with E-state index >= 15 is 0 Å². The van der Waals surface area contributed by atoms with Gasteiger partial charge >= 0.3 is 0 Å². The first-order valence-electron chi connectivity index (χ1n) is 0. The first-order valence-corrected chi connectivity index (χ1v) is 0. The van der Waals surface area contributed by atoms with E-state index in [-0.39, 0.29) is 112 Å². The number of hydrogen-bond acceptors (Lipinski definition) is 6. The van der Waals surface area contributed by atoms with Crippen molar-refractivity contribution in [3.05, 3.63) is 0 Å². The van der Waals surface area contributed by atoms with E-state index in [1.165, 1.54) is 0 Å². The maximum absolute atomic E-state index is 0. The molecule has 0 spiro atoms. The summed E-state index contributed by atoms with van der Waals surface area (Å²) < 4.78 is 0. The molecule has 90 valence electrons. The quantitative estimate of drug-likeness (QED) is 0.332. The van der Waals surface area contributed by atoms with E-state index in [9.17, 15) is 0 Å². The fraction of sp³-hybridized carbons (Fsp3) is 0. The standard InChI is InChI=1S/6H3N.Pt.4H2S/h6*1H3;;4*1H2. The van der Waals surface area contributed by atoms with E-state index in [1.54, 1.807) is 0 Å². The average Bonchev–Trinajstić information content (AvgIpc) is 0. The Balaban J connectivity index is 0. The van der Waals surface area contributed by atoms with Gasteiger partial charge in [-0.25, -0.2) is 0 Å². The van der Waals surface area contributed by atoms with Crippen molar-refractivity contribution in [1.29, 1.82) is 0 Å². The molecule has 11 heteroatoms. The molecule has 0 fully saturated rings. The molecule has 0 saturated heterocycles. The smallest absolute Gasteiger partial charge is 0 e. The molecule has 0 bridgehead atoms. The van der Waals surface area contributed by atoms with E-state index in [1.807, 2.05) is 0 Å². The molecule has 0 aliphatic carbocycles. The molecular formula is H26N6PtS4. The van der Waals surface area contributed by atoms with Crippen molar-refractivity contribution in [1.82, 2.24) is 36.9 Å². The van der Waals surface area contributed by atoms with Crippen LogP contribution < -0.4 is 36.9 Å². The molecule has 0 aliphatic rings. The van der Waals surface area contributed by atoms with Gasteiger partial charge in [-0.2, -0.15) is 54.0 Å². The Morgan fingerprint density at radius 2 is 0.273 bits per heavy atom. The van der Waals surface area contributed by atoms with Crippen LogP contribution in [-0.2, 0) is 21.1 Å². The third kappa shape index (κ3) is 336. The van der Waals surface area contributed by atoms with Crippen LogP contribution in [0, 0.1) is 0 Å². The van der Waals surface area contributed by atoms with Crippen molar-refractivity contribution in [3.63, 3.8) is 0 Å². The predicted octanol–water partition coefficient (Wildman–Crippen LogP) is 1.42. The van der Waals surface area contributed by atoms with E-state index in [2.05, 4.69) is 0 Å².